The molecule has 0 saturated carbocycles. The van der Waals surface area contributed by atoms with Gasteiger partial charge in [-0.05, 0) is 49.1 Å². The minimum atomic E-state index is -3.76. The number of carbonyl (C=O) groups is 2. The zero-order valence-corrected chi connectivity index (χ0v) is 21.3. The molecule has 0 unspecified atom stereocenters. The lowest BCUT2D eigenvalue weighted by atomic mass is 10.1. The summed E-state index contributed by atoms with van der Waals surface area (Å²) in [5, 5.41) is 0. The smallest absolute Gasteiger partial charge is 0.253 e. The Morgan fingerprint density at radius 3 is 2.26 bits per heavy atom. The third kappa shape index (κ3) is 5.67. The number of anilines is 1. The average Bonchev–Trinajstić information content (AvgIpc) is 2.89. The molecular weight excluding hydrogens is 464 g/mol. The van der Waals surface area contributed by atoms with Gasteiger partial charge in [0, 0.05) is 71.0 Å². The van der Waals surface area contributed by atoms with E-state index in [0.29, 0.717) is 25.2 Å². The maximum atomic E-state index is 13.3. The van der Waals surface area contributed by atoms with Crippen molar-refractivity contribution in [2.24, 2.45) is 0 Å². The molecule has 2 heterocycles. The molecule has 0 spiro atoms. The summed E-state index contributed by atoms with van der Waals surface area (Å²) in [6.45, 7) is 5.19. The molecule has 0 radical (unpaired) electrons. The van der Waals surface area contributed by atoms with E-state index in [0.717, 1.165) is 24.3 Å². The second kappa shape index (κ2) is 10.8. The number of benzene rings is 2. The fourth-order valence-corrected chi connectivity index (χ4v) is 6.29. The number of rotatable bonds is 6. The first-order valence-corrected chi connectivity index (χ1v) is 13.7. The highest BCUT2D eigenvalue weighted by Gasteiger charge is 2.30. The van der Waals surface area contributed by atoms with Crippen LogP contribution in [0.15, 0.2) is 53.4 Å². The van der Waals surface area contributed by atoms with Gasteiger partial charge in [0.05, 0.1) is 4.90 Å². The summed E-state index contributed by atoms with van der Waals surface area (Å²) >= 11 is 0. The molecule has 0 N–H and O–H groups in total. The fraction of sp³-hybridized carbons (Fsp3) is 0.462. The van der Waals surface area contributed by atoms with E-state index in [1.54, 1.807) is 29.0 Å². The van der Waals surface area contributed by atoms with Crippen molar-refractivity contribution in [3.05, 3.63) is 59.7 Å². The first-order valence-electron chi connectivity index (χ1n) is 12.2. The van der Waals surface area contributed by atoms with Gasteiger partial charge in [0.25, 0.3) is 5.91 Å². The van der Waals surface area contributed by atoms with Crippen molar-refractivity contribution >= 4 is 27.5 Å². The van der Waals surface area contributed by atoms with E-state index in [2.05, 4.69) is 17.0 Å². The summed E-state index contributed by atoms with van der Waals surface area (Å²) in [5.74, 6) is -0.281. The molecule has 2 saturated heterocycles. The van der Waals surface area contributed by atoms with E-state index in [1.807, 2.05) is 12.1 Å². The minimum Gasteiger partial charge on any atom is -0.371 e. The highest BCUT2D eigenvalue weighted by Crippen LogP contribution is 2.26. The molecule has 35 heavy (non-hydrogen) atoms. The number of hydrogen-bond acceptors (Lipinski definition) is 5. The van der Waals surface area contributed by atoms with Crippen molar-refractivity contribution < 1.29 is 18.0 Å². The van der Waals surface area contributed by atoms with Crippen molar-refractivity contribution in [2.45, 2.75) is 37.6 Å². The Morgan fingerprint density at radius 2 is 1.57 bits per heavy atom. The molecule has 2 aliphatic heterocycles. The molecule has 2 aromatic carbocycles. The molecule has 2 aliphatic rings. The third-order valence-electron chi connectivity index (χ3n) is 6.85. The van der Waals surface area contributed by atoms with Gasteiger partial charge in [-0.2, -0.15) is 4.31 Å². The Kier molecular flexibility index (Phi) is 7.76. The second-order valence-corrected chi connectivity index (χ2v) is 11.2. The first-order chi connectivity index (χ1) is 16.8. The second-order valence-electron chi connectivity index (χ2n) is 9.28. The van der Waals surface area contributed by atoms with Crippen molar-refractivity contribution in [3.8, 4) is 0 Å². The van der Waals surface area contributed by atoms with Crippen LogP contribution in [0.2, 0.25) is 0 Å². The van der Waals surface area contributed by atoms with Crippen molar-refractivity contribution in [1.29, 1.82) is 0 Å². The normalized spacial score (nSPS) is 17.3. The lowest BCUT2D eigenvalue weighted by molar-refractivity contribution is -0.129. The summed E-state index contributed by atoms with van der Waals surface area (Å²) < 4.78 is 27.8. The Morgan fingerprint density at radius 1 is 0.886 bits per heavy atom. The van der Waals surface area contributed by atoms with Gasteiger partial charge in [0.1, 0.15) is 0 Å². The van der Waals surface area contributed by atoms with Crippen LogP contribution in [0.1, 0.15) is 42.1 Å². The number of amides is 2. The van der Waals surface area contributed by atoms with E-state index >= 15 is 0 Å². The SMILES string of the molecule is CC(=O)N1CCN(S(=O)(=O)c2cccc(C(=O)N(C)Cc3ccccc3N3CCCCC3)c2)CC1. The maximum Gasteiger partial charge on any atom is 0.253 e. The van der Waals surface area contributed by atoms with E-state index in [4.69, 9.17) is 0 Å². The van der Waals surface area contributed by atoms with Crippen LogP contribution in [0, 0.1) is 0 Å². The van der Waals surface area contributed by atoms with E-state index in [9.17, 15) is 18.0 Å². The van der Waals surface area contributed by atoms with Crippen LogP contribution >= 0.6 is 0 Å². The zero-order chi connectivity index (χ0) is 25.0. The summed E-state index contributed by atoms with van der Waals surface area (Å²) in [7, 11) is -2.01. The molecule has 4 rings (SSSR count). The zero-order valence-electron chi connectivity index (χ0n) is 20.5. The van der Waals surface area contributed by atoms with Crippen LogP contribution in [-0.4, -0.2) is 80.7 Å². The quantitative estimate of drug-likeness (QED) is 0.612. The molecular formula is C26H34N4O4S. The molecule has 2 fully saturated rings. The molecule has 2 aromatic rings. The van der Waals surface area contributed by atoms with Crippen LogP contribution in [0.4, 0.5) is 5.69 Å². The van der Waals surface area contributed by atoms with Gasteiger partial charge in [0.15, 0.2) is 0 Å². The number of piperazine rings is 1. The van der Waals surface area contributed by atoms with Crippen molar-refractivity contribution in [3.63, 3.8) is 0 Å². The van der Waals surface area contributed by atoms with Crippen LogP contribution < -0.4 is 4.90 Å². The predicted octanol–water partition coefficient (Wildman–Crippen LogP) is 2.80. The van der Waals surface area contributed by atoms with Crippen LogP contribution in [0.5, 0.6) is 0 Å². The Balaban J connectivity index is 1.48. The Labute approximate surface area is 208 Å². The number of sulfonamides is 1. The average molecular weight is 499 g/mol. The van der Waals surface area contributed by atoms with Crippen LogP contribution in [0.3, 0.4) is 0 Å². The van der Waals surface area contributed by atoms with Gasteiger partial charge in [-0.1, -0.05) is 24.3 Å². The number of nitrogens with zero attached hydrogens (tertiary/aromatic N) is 4. The van der Waals surface area contributed by atoms with Crippen LogP contribution in [0.25, 0.3) is 0 Å². The fourth-order valence-electron chi connectivity index (χ4n) is 4.82. The largest absolute Gasteiger partial charge is 0.371 e. The van der Waals surface area contributed by atoms with Gasteiger partial charge in [0.2, 0.25) is 15.9 Å². The standard InChI is InChI=1S/C26H34N4O4S/c1-21(31)28-15-17-30(18-16-28)35(33,34)24-11-8-10-22(19-24)26(32)27(2)20-23-9-4-5-12-25(23)29-13-6-3-7-14-29/h4-5,8-12,19H,3,6-7,13-18,20H2,1-2H3. The summed E-state index contributed by atoms with van der Waals surface area (Å²) in [4.78, 5) is 30.6. The summed E-state index contributed by atoms with van der Waals surface area (Å²) in [6.07, 6.45) is 3.60. The number of para-hydroxylation sites is 1. The van der Waals surface area contributed by atoms with Gasteiger partial charge in [-0.15, -0.1) is 0 Å². The van der Waals surface area contributed by atoms with Crippen molar-refractivity contribution in [2.75, 3.05) is 51.2 Å². The van der Waals surface area contributed by atoms with Gasteiger partial charge < -0.3 is 14.7 Å². The van der Waals surface area contributed by atoms with Crippen LogP contribution in [-0.2, 0) is 21.4 Å². The molecule has 2 amide bonds. The Bertz CT molecular complexity index is 1170. The molecule has 188 valence electrons. The molecule has 0 aromatic heterocycles. The highest BCUT2D eigenvalue weighted by molar-refractivity contribution is 7.89. The maximum absolute atomic E-state index is 13.3. The number of piperidine rings is 1. The molecule has 0 aliphatic carbocycles. The summed E-state index contributed by atoms with van der Waals surface area (Å²) in [6, 6.07) is 14.4. The molecule has 0 bridgehead atoms. The number of hydrogen-bond donors (Lipinski definition) is 0. The lowest BCUT2D eigenvalue weighted by Gasteiger charge is -2.33. The molecule has 9 heteroatoms. The third-order valence-corrected chi connectivity index (χ3v) is 8.74. The monoisotopic (exact) mass is 498 g/mol. The first kappa shape index (κ1) is 25.2. The van der Waals surface area contributed by atoms with Gasteiger partial charge in [-0.25, -0.2) is 8.42 Å². The Hall–Kier alpha value is -2.91. The van der Waals surface area contributed by atoms with Gasteiger partial charge in [-0.3, -0.25) is 9.59 Å². The van der Waals surface area contributed by atoms with E-state index < -0.39 is 10.0 Å². The lowest BCUT2D eigenvalue weighted by Crippen LogP contribution is -2.49. The molecule has 0 atom stereocenters. The topological polar surface area (TPSA) is 81.2 Å². The highest BCUT2D eigenvalue weighted by atomic mass is 32.2. The van der Waals surface area contributed by atoms with E-state index in [1.165, 1.54) is 42.6 Å². The summed E-state index contributed by atoms with van der Waals surface area (Å²) in [5.41, 5.74) is 2.58. The van der Waals surface area contributed by atoms with Gasteiger partial charge >= 0.3 is 0 Å². The molecule has 8 nitrogen and oxygen atoms in total. The predicted molar refractivity (Wildman–Crippen MR) is 136 cm³/mol. The van der Waals surface area contributed by atoms with Crippen molar-refractivity contribution in [1.82, 2.24) is 14.1 Å². The van der Waals surface area contributed by atoms with E-state index in [-0.39, 0.29) is 29.8 Å². The minimum absolute atomic E-state index is 0.0560. The number of carbonyl (C=O) groups excluding carboxylic acids is 2.